The number of amides is 1. The molecule has 1 aromatic heterocycles. The lowest BCUT2D eigenvalue weighted by atomic mass is 9.93. The molecule has 1 heterocycles. The fourth-order valence-corrected chi connectivity index (χ4v) is 5.07. The zero-order valence-electron chi connectivity index (χ0n) is 21.2. The lowest BCUT2D eigenvalue weighted by Gasteiger charge is -2.15. The molecule has 192 valence electrons. The SMILES string of the molecule is CNS(=O)(=O)c1cccc(NC(=O)c2c(C)nc(-c3ccc(OC)c(-c4c(C)cccc4C)c3)n2O)c1. The van der Waals surface area contributed by atoms with E-state index in [1.54, 1.807) is 32.2 Å². The Hall–Kier alpha value is -4.15. The van der Waals surface area contributed by atoms with Crippen LogP contribution in [0.5, 0.6) is 5.75 Å². The summed E-state index contributed by atoms with van der Waals surface area (Å²) in [6, 6.07) is 17.3. The van der Waals surface area contributed by atoms with Crippen LogP contribution in [0.25, 0.3) is 22.5 Å². The molecule has 0 spiro atoms. The molecule has 0 aliphatic rings. The van der Waals surface area contributed by atoms with Crippen LogP contribution in [0, 0.1) is 20.8 Å². The van der Waals surface area contributed by atoms with Crippen LogP contribution in [0.4, 0.5) is 5.69 Å². The smallest absolute Gasteiger partial charge is 0.277 e. The molecule has 0 bridgehead atoms. The Morgan fingerprint density at radius 1 is 1.00 bits per heavy atom. The van der Waals surface area contributed by atoms with Crippen molar-refractivity contribution in [2.75, 3.05) is 19.5 Å². The molecule has 0 atom stereocenters. The average Bonchev–Trinajstić information content (AvgIpc) is 3.17. The number of methoxy groups -OCH3 is 1. The van der Waals surface area contributed by atoms with E-state index < -0.39 is 15.9 Å². The van der Waals surface area contributed by atoms with Gasteiger partial charge in [0.15, 0.2) is 11.5 Å². The number of hydrogen-bond donors (Lipinski definition) is 3. The number of aryl methyl sites for hydroxylation is 3. The van der Waals surface area contributed by atoms with Crippen molar-refractivity contribution in [3.05, 3.63) is 83.2 Å². The maximum atomic E-state index is 13.1. The van der Waals surface area contributed by atoms with Gasteiger partial charge in [-0.25, -0.2) is 18.1 Å². The molecular weight excluding hydrogens is 492 g/mol. The van der Waals surface area contributed by atoms with Crippen LogP contribution in [0.2, 0.25) is 0 Å². The van der Waals surface area contributed by atoms with Gasteiger partial charge >= 0.3 is 0 Å². The average molecular weight is 521 g/mol. The number of rotatable bonds is 7. The topological polar surface area (TPSA) is 123 Å². The van der Waals surface area contributed by atoms with Crippen LogP contribution < -0.4 is 14.8 Å². The first-order chi connectivity index (χ1) is 17.6. The van der Waals surface area contributed by atoms with Crippen molar-refractivity contribution in [1.29, 1.82) is 0 Å². The molecule has 0 saturated carbocycles. The lowest BCUT2D eigenvalue weighted by Crippen LogP contribution is -2.20. The highest BCUT2D eigenvalue weighted by Gasteiger charge is 2.23. The van der Waals surface area contributed by atoms with Gasteiger partial charge in [-0.15, -0.1) is 0 Å². The number of anilines is 1. The standard InChI is InChI=1S/C27H28N4O5S/c1-16-8-6-9-17(2)24(16)22-14-19(12-13-23(22)36-5)26-29-18(3)25(31(26)33)27(32)30-20-10-7-11-21(15-20)37(34,35)28-4/h6-15,28,33H,1-5H3,(H,30,32). The number of ether oxygens (including phenoxy) is 1. The minimum absolute atomic E-state index is 0.0000202. The third-order valence-corrected chi connectivity index (χ3v) is 7.53. The second kappa shape index (κ2) is 10.1. The summed E-state index contributed by atoms with van der Waals surface area (Å²) in [6.45, 7) is 5.65. The molecule has 0 saturated heterocycles. The fourth-order valence-electron chi connectivity index (χ4n) is 4.30. The Kier molecular flexibility index (Phi) is 7.06. The van der Waals surface area contributed by atoms with E-state index in [2.05, 4.69) is 15.0 Å². The molecule has 0 unspecified atom stereocenters. The van der Waals surface area contributed by atoms with Gasteiger partial charge in [0.25, 0.3) is 5.91 Å². The Morgan fingerprint density at radius 2 is 1.68 bits per heavy atom. The van der Waals surface area contributed by atoms with Crippen LogP contribution in [-0.2, 0) is 10.0 Å². The number of carbonyl (C=O) groups excluding carboxylic acids is 1. The third-order valence-electron chi connectivity index (χ3n) is 6.12. The molecule has 37 heavy (non-hydrogen) atoms. The van der Waals surface area contributed by atoms with Gasteiger partial charge in [-0.1, -0.05) is 24.3 Å². The van der Waals surface area contributed by atoms with Gasteiger partial charge in [-0.05, 0) is 80.9 Å². The summed E-state index contributed by atoms with van der Waals surface area (Å²) in [6.07, 6.45) is 0. The molecular formula is C27H28N4O5S. The zero-order valence-corrected chi connectivity index (χ0v) is 22.0. The molecule has 3 N–H and O–H groups in total. The van der Waals surface area contributed by atoms with E-state index in [0.29, 0.717) is 17.0 Å². The van der Waals surface area contributed by atoms with E-state index in [4.69, 9.17) is 4.74 Å². The fraction of sp³-hybridized carbons (Fsp3) is 0.185. The number of nitrogens with one attached hydrogen (secondary N) is 2. The largest absolute Gasteiger partial charge is 0.496 e. The molecule has 0 radical (unpaired) electrons. The van der Waals surface area contributed by atoms with Crippen LogP contribution in [0.15, 0.2) is 65.6 Å². The quantitative estimate of drug-likeness (QED) is 0.307. The third kappa shape index (κ3) is 4.93. The summed E-state index contributed by atoms with van der Waals surface area (Å²) in [5.74, 6) is 0.217. The van der Waals surface area contributed by atoms with Crippen molar-refractivity contribution < 1.29 is 23.2 Å². The van der Waals surface area contributed by atoms with Crippen LogP contribution in [0.1, 0.15) is 27.3 Å². The van der Waals surface area contributed by atoms with Crippen LogP contribution in [0.3, 0.4) is 0 Å². The van der Waals surface area contributed by atoms with Gasteiger partial charge in [-0.3, -0.25) is 4.79 Å². The van der Waals surface area contributed by atoms with Crippen LogP contribution >= 0.6 is 0 Å². The predicted molar refractivity (Wildman–Crippen MR) is 142 cm³/mol. The second-order valence-electron chi connectivity index (χ2n) is 8.55. The monoisotopic (exact) mass is 520 g/mol. The number of imidazole rings is 1. The molecule has 0 fully saturated rings. The number of sulfonamides is 1. The highest BCUT2D eigenvalue weighted by Crippen LogP contribution is 2.37. The highest BCUT2D eigenvalue weighted by molar-refractivity contribution is 7.89. The zero-order chi connectivity index (χ0) is 26.9. The number of hydrogen-bond acceptors (Lipinski definition) is 6. The Balaban J connectivity index is 1.73. The number of benzene rings is 3. The minimum atomic E-state index is -3.69. The molecule has 3 aromatic carbocycles. The van der Waals surface area contributed by atoms with Crippen molar-refractivity contribution in [3.8, 4) is 28.3 Å². The summed E-state index contributed by atoms with van der Waals surface area (Å²) < 4.78 is 32.8. The van der Waals surface area contributed by atoms with Crippen molar-refractivity contribution in [2.45, 2.75) is 25.7 Å². The van der Waals surface area contributed by atoms with Crippen molar-refractivity contribution in [1.82, 2.24) is 14.4 Å². The first-order valence-electron chi connectivity index (χ1n) is 11.5. The lowest BCUT2D eigenvalue weighted by molar-refractivity contribution is 0.0974. The summed E-state index contributed by atoms with van der Waals surface area (Å²) in [5, 5.41) is 13.6. The maximum absolute atomic E-state index is 13.1. The van der Waals surface area contributed by atoms with E-state index in [1.165, 1.54) is 25.2 Å². The summed E-state index contributed by atoms with van der Waals surface area (Å²) in [7, 11) is -0.781. The second-order valence-corrected chi connectivity index (χ2v) is 10.4. The Bertz CT molecular complexity index is 1590. The minimum Gasteiger partial charge on any atom is -0.496 e. The molecule has 9 nitrogen and oxygen atoms in total. The molecule has 4 aromatic rings. The van der Waals surface area contributed by atoms with Gasteiger partial charge in [0.2, 0.25) is 10.0 Å². The summed E-state index contributed by atoms with van der Waals surface area (Å²) in [4.78, 5) is 17.5. The van der Waals surface area contributed by atoms with Gasteiger partial charge in [0, 0.05) is 16.8 Å². The molecule has 0 aliphatic heterocycles. The van der Waals surface area contributed by atoms with Gasteiger partial charge in [0.05, 0.1) is 17.7 Å². The van der Waals surface area contributed by atoms with Crippen molar-refractivity contribution in [2.24, 2.45) is 0 Å². The van der Waals surface area contributed by atoms with Gasteiger partial charge < -0.3 is 15.3 Å². The van der Waals surface area contributed by atoms with Crippen molar-refractivity contribution >= 4 is 21.6 Å². The number of nitrogens with zero attached hydrogens (tertiary/aromatic N) is 2. The van der Waals surface area contributed by atoms with E-state index in [0.717, 1.165) is 27.0 Å². The first-order valence-corrected chi connectivity index (χ1v) is 12.9. The van der Waals surface area contributed by atoms with Crippen LogP contribution in [-0.4, -0.2) is 43.4 Å². The van der Waals surface area contributed by atoms with E-state index in [9.17, 15) is 18.4 Å². The Labute approximate surface area is 215 Å². The Morgan fingerprint density at radius 3 is 2.32 bits per heavy atom. The molecule has 0 aliphatic carbocycles. The van der Waals surface area contributed by atoms with E-state index in [-0.39, 0.29) is 22.1 Å². The molecule has 1 amide bonds. The summed E-state index contributed by atoms with van der Waals surface area (Å²) >= 11 is 0. The highest BCUT2D eigenvalue weighted by atomic mass is 32.2. The normalized spacial score (nSPS) is 11.4. The van der Waals surface area contributed by atoms with Crippen molar-refractivity contribution in [3.63, 3.8) is 0 Å². The van der Waals surface area contributed by atoms with E-state index in [1.807, 2.05) is 38.1 Å². The number of carbonyl (C=O) groups is 1. The first kappa shape index (κ1) is 25.9. The molecule has 4 rings (SSSR count). The van der Waals surface area contributed by atoms with E-state index >= 15 is 0 Å². The van der Waals surface area contributed by atoms with Gasteiger partial charge in [0.1, 0.15) is 5.75 Å². The molecule has 10 heteroatoms. The number of aromatic nitrogens is 2. The predicted octanol–water partition coefficient (Wildman–Crippen LogP) is 4.55. The maximum Gasteiger partial charge on any atom is 0.277 e. The van der Waals surface area contributed by atoms with Gasteiger partial charge in [-0.2, -0.15) is 4.73 Å². The summed E-state index contributed by atoms with van der Waals surface area (Å²) in [5.41, 5.74) is 5.08.